The SMILES string of the molecule is CCc1ccsc1C(Cl)c1ccc(C(C)(C)C)s1. The third kappa shape index (κ3) is 2.81. The highest BCUT2D eigenvalue weighted by atomic mass is 35.5. The van der Waals surface area contributed by atoms with Gasteiger partial charge in [-0.15, -0.1) is 34.3 Å². The molecule has 0 aliphatic carbocycles. The minimum atomic E-state index is 0.0149. The van der Waals surface area contributed by atoms with Crippen LogP contribution in [0.5, 0.6) is 0 Å². The van der Waals surface area contributed by atoms with Crippen molar-refractivity contribution in [2.75, 3.05) is 0 Å². The van der Waals surface area contributed by atoms with Gasteiger partial charge in [-0.2, -0.15) is 0 Å². The number of hydrogen-bond donors (Lipinski definition) is 0. The van der Waals surface area contributed by atoms with Crippen molar-refractivity contribution in [2.45, 2.75) is 44.9 Å². The standard InChI is InChI=1S/C15H19ClS2/c1-5-10-8-9-17-14(10)13(16)11-6-7-12(18-11)15(2,3)4/h6-9,13H,5H2,1-4H3. The van der Waals surface area contributed by atoms with Gasteiger partial charge in [-0.1, -0.05) is 27.7 Å². The Kier molecular flexibility index (Phi) is 4.20. The Hall–Kier alpha value is -0.310. The molecule has 0 nitrogen and oxygen atoms in total. The molecule has 1 atom stereocenters. The second-order valence-corrected chi connectivity index (χ2v) is 7.98. The quantitative estimate of drug-likeness (QED) is 0.610. The lowest BCUT2D eigenvalue weighted by molar-refractivity contribution is 0.604. The van der Waals surface area contributed by atoms with E-state index in [2.05, 4.69) is 51.3 Å². The Morgan fingerprint density at radius 1 is 1.22 bits per heavy atom. The van der Waals surface area contributed by atoms with E-state index in [4.69, 9.17) is 11.6 Å². The maximum Gasteiger partial charge on any atom is 0.102 e. The zero-order valence-electron chi connectivity index (χ0n) is 11.3. The minimum absolute atomic E-state index is 0.0149. The molecular formula is C15H19ClS2. The third-order valence-electron chi connectivity index (χ3n) is 3.01. The monoisotopic (exact) mass is 298 g/mol. The highest BCUT2D eigenvalue weighted by Crippen LogP contribution is 2.40. The molecule has 0 saturated heterocycles. The van der Waals surface area contributed by atoms with Gasteiger partial charge in [0.05, 0.1) is 0 Å². The van der Waals surface area contributed by atoms with Crippen LogP contribution in [0.25, 0.3) is 0 Å². The lowest BCUT2D eigenvalue weighted by Crippen LogP contribution is -2.07. The van der Waals surface area contributed by atoms with Crippen molar-refractivity contribution in [1.29, 1.82) is 0 Å². The van der Waals surface area contributed by atoms with Gasteiger partial charge in [-0.3, -0.25) is 0 Å². The highest BCUT2D eigenvalue weighted by Gasteiger charge is 2.21. The predicted octanol–water partition coefficient (Wildman–Crippen LogP) is 6.00. The van der Waals surface area contributed by atoms with Crippen molar-refractivity contribution < 1.29 is 0 Å². The summed E-state index contributed by atoms with van der Waals surface area (Å²) in [6, 6.07) is 6.59. The van der Waals surface area contributed by atoms with E-state index in [1.54, 1.807) is 11.3 Å². The molecule has 0 aliphatic heterocycles. The Morgan fingerprint density at radius 2 is 1.94 bits per heavy atom. The molecule has 1 unspecified atom stereocenters. The lowest BCUT2D eigenvalue weighted by atomic mass is 9.95. The Morgan fingerprint density at radius 3 is 2.50 bits per heavy atom. The molecular weight excluding hydrogens is 280 g/mol. The largest absolute Gasteiger partial charge is 0.147 e. The van der Waals surface area contributed by atoms with Crippen molar-refractivity contribution in [3.05, 3.63) is 43.8 Å². The summed E-state index contributed by atoms with van der Waals surface area (Å²) < 4.78 is 0. The van der Waals surface area contributed by atoms with Crippen molar-refractivity contribution in [3.8, 4) is 0 Å². The van der Waals surface area contributed by atoms with E-state index in [-0.39, 0.29) is 10.8 Å². The summed E-state index contributed by atoms with van der Waals surface area (Å²) in [5.74, 6) is 0. The zero-order valence-corrected chi connectivity index (χ0v) is 13.7. The van der Waals surface area contributed by atoms with Crippen LogP contribution in [0.2, 0.25) is 0 Å². The number of hydrogen-bond acceptors (Lipinski definition) is 2. The molecule has 0 amide bonds. The molecule has 0 aliphatic rings. The fourth-order valence-electron chi connectivity index (χ4n) is 1.88. The Bertz CT molecular complexity index is 517. The summed E-state index contributed by atoms with van der Waals surface area (Å²) in [7, 11) is 0. The fraction of sp³-hybridized carbons (Fsp3) is 0.467. The molecule has 0 fully saturated rings. The third-order valence-corrected chi connectivity index (χ3v) is 6.32. The molecule has 2 rings (SSSR count). The van der Waals surface area contributed by atoms with Crippen LogP contribution >= 0.6 is 34.3 Å². The summed E-state index contributed by atoms with van der Waals surface area (Å²) in [5, 5.41) is 2.16. The predicted molar refractivity (Wildman–Crippen MR) is 84.4 cm³/mol. The first-order valence-corrected chi connectivity index (χ1v) is 8.37. The smallest absolute Gasteiger partial charge is 0.102 e. The van der Waals surface area contributed by atoms with Crippen LogP contribution in [0, 0.1) is 0 Å². The van der Waals surface area contributed by atoms with Gasteiger partial charge in [-0.05, 0) is 41.0 Å². The zero-order chi connectivity index (χ0) is 13.3. The van der Waals surface area contributed by atoms with Crippen LogP contribution in [-0.2, 0) is 11.8 Å². The van der Waals surface area contributed by atoms with Gasteiger partial charge in [0.25, 0.3) is 0 Å². The summed E-state index contributed by atoms with van der Waals surface area (Å²) in [4.78, 5) is 3.97. The summed E-state index contributed by atoms with van der Waals surface area (Å²) in [6.45, 7) is 8.92. The van der Waals surface area contributed by atoms with E-state index in [1.165, 1.54) is 20.2 Å². The molecule has 98 valence electrons. The Balaban J connectivity index is 2.29. The van der Waals surface area contributed by atoms with Crippen LogP contribution in [0.1, 0.15) is 53.3 Å². The normalized spacial score (nSPS) is 13.8. The number of thiophene rings is 2. The average Bonchev–Trinajstić information content (AvgIpc) is 2.96. The summed E-state index contributed by atoms with van der Waals surface area (Å²) in [5.41, 5.74) is 1.59. The van der Waals surface area contributed by atoms with Crippen molar-refractivity contribution in [2.24, 2.45) is 0 Å². The highest BCUT2D eigenvalue weighted by molar-refractivity contribution is 7.13. The first kappa shape index (κ1) is 14.1. The summed E-state index contributed by atoms with van der Waals surface area (Å²) >= 11 is 10.2. The van der Waals surface area contributed by atoms with Crippen LogP contribution in [0.15, 0.2) is 23.6 Å². The van der Waals surface area contributed by atoms with Crippen LogP contribution in [-0.4, -0.2) is 0 Å². The van der Waals surface area contributed by atoms with Gasteiger partial charge < -0.3 is 0 Å². The number of halogens is 1. The summed E-state index contributed by atoms with van der Waals surface area (Å²) in [6.07, 6.45) is 1.06. The Labute approximate surface area is 123 Å². The second kappa shape index (κ2) is 5.36. The second-order valence-electron chi connectivity index (χ2n) is 5.48. The van der Waals surface area contributed by atoms with Crippen molar-refractivity contribution in [3.63, 3.8) is 0 Å². The van der Waals surface area contributed by atoms with Gasteiger partial charge in [-0.25, -0.2) is 0 Å². The lowest BCUT2D eigenvalue weighted by Gasteiger charge is -2.15. The molecule has 0 radical (unpaired) electrons. The molecule has 2 aromatic rings. The molecule has 2 aromatic heterocycles. The van der Waals surface area contributed by atoms with E-state index in [9.17, 15) is 0 Å². The van der Waals surface area contributed by atoms with Gasteiger partial charge in [0, 0.05) is 14.6 Å². The number of alkyl halides is 1. The van der Waals surface area contributed by atoms with Gasteiger partial charge >= 0.3 is 0 Å². The van der Waals surface area contributed by atoms with Crippen LogP contribution in [0.3, 0.4) is 0 Å². The van der Waals surface area contributed by atoms with Crippen molar-refractivity contribution in [1.82, 2.24) is 0 Å². The van der Waals surface area contributed by atoms with E-state index in [0.29, 0.717) is 0 Å². The van der Waals surface area contributed by atoms with Crippen molar-refractivity contribution >= 4 is 34.3 Å². The van der Waals surface area contributed by atoms with E-state index in [1.807, 2.05) is 11.3 Å². The van der Waals surface area contributed by atoms with Gasteiger partial charge in [0.1, 0.15) is 5.38 Å². The molecule has 0 spiro atoms. The molecule has 0 saturated carbocycles. The molecule has 0 bridgehead atoms. The van der Waals surface area contributed by atoms with E-state index in [0.717, 1.165) is 6.42 Å². The maximum atomic E-state index is 6.64. The van der Waals surface area contributed by atoms with E-state index < -0.39 is 0 Å². The average molecular weight is 299 g/mol. The minimum Gasteiger partial charge on any atom is -0.147 e. The maximum absolute atomic E-state index is 6.64. The number of aryl methyl sites for hydroxylation is 1. The van der Waals surface area contributed by atoms with Crippen LogP contribution < -0.4 is 0 Å². The molecule has 0 aromatic carbocycles. The fourth-order valence-corrected chi connectivity index (χ4v) is 4.50. The molecule has 18 heavy (non-hydrogen) atoms. The van der Waals surface area contributed by atoms with Crippen LogP contribution in [0.4, 0.5) is 0 Å². The topological polar surface area (TPSA) is 0 Å². The van der Waals surface area contributed by atoms with Gasteiger partial charge in [0.15, 0.2) is 0 Å². The first-order valence-electron chi connectivity index (χ1n) is 6.24. The molecule has 0 N–H and O–H groups in total. The number of rotatable bonds is 3. The van der Waals surface area contributed by atoms with Gasteiger partial charge in [0.2, 0.25) is 0 Å². The first-order chi connectivity index (χ1) is 8.43. The molecule has 2 heterocycles. The van der Waals surface area contributed by atoms with E-state index >= 15 is 0 Å². The molecule has 3 heteroatoms.